The summed E-state index contributed by atoms with van der Waals surface area (Å²) in [5, 5.41) is 10.4. The number of hydrogen-bond donors (Lipinski definition) is 2. The van der Waals surface area contributed by atoms with Crippen LogP contribution in [0, 0.1) is 5.92 Å². The second-order valence-corrected chi connectivity index (χ2v) is 7.90. The molecule has 4 rings (SSSR count). The highest BCUT2D eigenvalue weighted by atomic mass is 19.4. The molecule has 150 valence electrons. The first-order valence-corrected chi connectivity index (χ1v) is 9.43. The van der Waals surface area contributed by atoms with Gasteiger partial charge in [0.2, 0.25) is 5.91 Å². The van der Waals surface area contributed by atoms with E-state index in [0.717, 1.165) is 24.5 Å². The lowest BCUT2D eigenvalue weighted by atomic mass is 9.89. The Morgan fingerprint density at radius 2 is 2.14 bits per heavy atom. The highest BCUT2D eigenvalue weighted by molar-refractivity contribution is 5.80. The van der Waals surface area contributed by atoms with Crippen molar-refractivity contribution in [3.63, 3.8) is 0 Å². The predicted molar refractivity (Wildman–Crippen MR) is 97.7 cm³/mol. The van der Waals surface area contributed by atoms with Crippen LogP contribution in [0.5, 0.6) is 0 Å². The van der Waals surface area contributed by atoms with Crippen molar-refractivity contribution in [3.05, 3.63) is 53.3 Å². The zero-order valence-electron chi connectivity index (χ0n) is 15.6. The lowest BCUT2D eigenvalue weighted by Gasteiger charge is -2.21. The summed E-state index contributed by atoms with van der Waals surface area (Å²) in [6, 6.07) is 5.47. The molecule has 2 aliphatic rings. The number of nitrogens with zero attached hydrogens (tertiary/aromatic N) is 2. The Morgan fingerprint density at radius 1 is 1.36 bits per heavy atom. The molecule has 2 heterocycles. The van der Waals surface area contributed by atoms with Gasteiger partial charge in [-0.3, -0.25) is 9.48 Å². The second-order valence-electron chi connectivity index (χ2n) is 7.90. The molecule has 2 atom stereocenters. The van der Waals surface area contributed by atoms with Crippen LogP contribution in [-0.4, -0.2) is 35.3 Å². The molecule has 0 bridgehead atoms. The SMILES string of the molecule is Cn1cc([C@H]2CNC[C@@H]2C(=O)NCC2(c3cccc(C(F)(F)F)c3)CC2)cn1. The largest absolute Gasteiger partial charge is 0.416 e. The number of amides is 1. The van der Waals surface area contributed by atoms with E-state index in [1.54, 1.807) is 16.9 Å². The molecule has 1 aliphatic heterocycles. The van der Waals surface area contributed by atoms with E-state index in [4.69, 9.17) is 0 Å². The summed E-state index contributed by atoms with van der Waals surface area (Å²) in [4.78, 5) is 12.8. The van der Waals surface area contributed by atoms with Crippen molar-refractivity contribution in [1.29, 1.82) is 0 Å². The maximum atomic E-state index is 13.0. The summed E-state index contributed by atoms with van der Waals surface area (Å²) in [5.74, 6) is -0.212. The zero-order valence-corrected chi connectivity index (χ0v) is 15.6. The molecule has 0 unspecified atom stereocenters. The summed E-state index contributed by atoms with van der Waals surface area (Å²) < 4.78 is 40.8. The average molecular weight is 392 g/mol. The highest BCUT2D eigenvalue weighted by Crippen LogP contribution is 2.48. The van der Waals surface area contributed by atoms with Crippen molar-refractivity contribution in [2.24, 2.45) is 13.0 Å². The Hall–Kier alpha value is -2.35. The monoisotopic (exact) mass is 392 g/mol. The molecule has 1 aromatic carbocycles. The first-order valence-electron chi connectivity index (χ1n) is 9.43. The normalized spacial score (nSPS) is 23.6. The molecular formula is C20H23F3N4O. The van der Waals surface area contributed by atoms with Crippen LogP contribution in [0.1, 0.15) is 35.4 Å². The lowest BCUT2D eigenvalue weighted by Crippen LogP contribution is -2.38. The standard InChI is InChI=1S/C20H23F3N4O/c1-27-11-13(8-26-27)16-9-24-10-17(16)18(28)25-12-19(5-6-19)14-3-2-4-15(7-14)20(21,22)23/h2-4,7-8,11,16-17,24H,5-6,9-10,12H2,1H3,(H,25,28)/t16-,17+/m1/s1. The van der Waals surface area contributed by atoms with Crippen LogP contribution < -0.4 is 10.6 Å². The quantitative estimate of drug-likeness (QED) is 0.822. The fourth-order valence-corrected chi connectivity index (χ4v) is 4.07. The Balaban J connectivity index is 1.43. The van der Waals surface area contributed by atoms with E-state index in [1.165, 1.54) is 12.1 Å². The first-order chi connectivity index (χ1) is 13.3. The van der Waals surface area contributed by atoms with E-state index in [0.29, 0.717) is 25.2 Å². The van der Waals surface area contributed by atoms with Gasteiger partial charge in [-0.25, -0.2) is 0 Å². The zero-order chi connectivity index (χ0) is 19.9. The van der Waals surface area contributed by atoms with Gasteiger partial charge in [0.05, 0.1) is 17.7 Å². The molecular weight excluding hydrogens is 369 g/mol. The van der Waals surface area contributed by atoms with Crippen LogP contribution in [-0.2, 0) is 23.4 Å². The molecule has 1 amide bonds. The number of halogens is 3. The van der Waals surface area contributed by atoms with Crippen molar-refractivity contribution in [3.8, 4) is 0 Å². The van der Waals surface area contributed by atoms with Gasteiger partial charge in [-0.1, -0.05) is 18.2 Å². The molecule has 28 heavy (non-hydrogen) atoms. The first kappa shape index (κ1) is 19.0. The second kappa shape index (κ2) is 6.92. The summed E-state index contributed by atoms with van der Waals surface area (Å²) in [7, 11) is 1.84. The van der Waals surface area contributed by atoms with Gasteiger partial charge in [-0.15, -0.1) is 0 Å². The number of rotatable bonds is 5. The van der Waals surface area contributed by atoms with Crippen molar-refractivity contribution >= 4 is 5.91 Å². The lowest BCUT2D eigenvalue weighted by molar-refractivity contribution is -0.137. The number of aromatic nitrogens is 2. The minimum absolute atomic E-state index is 0.0532. The fourth-order valence-electron chi connectivity index (χ4n) is 4.07. The van der Waals surface area contributed by atoms with E-state index in [9.17, 15) is 18.0 Å². The fraction of sp³-hybridized carbons (Fsp3) is 0.500. The Labute approximate surface area is 161 Å². The van der Waals surface area contributed by atoms with Gasteiger partial charge in [0.15, 0.2) is 0 Å². The minimum atomic E-state index is -4.36. The van der Waals surface area contributed by atoms with Crippen LogP contribution >= 0.6 is 0 Å². The number of carbonyl (C=O) groups excluding carboxylic acids is 1. The molecule has 5 nitrogen and oxygen atoms in total. The number of hydrogen-bond acceptors (Lipinski definition) is 3. The molecule has 1 saturated carbocycles. The number of benzene rings is 1. The van der Waals surface area contributed by atoms with Gasteiger partial charge in [0, 0.05) is 44.2 Å². The molecule has 0 radical (unpaired) electrons. The van der Waals surface area contributed by atoms with Gasteiger partial charge in [0.1, 0.15) is 0 Å². The van der Waals surface area contributed by atoms with Crippen LogP contribution in [0.15, 0.2) is 36.7 Å². The Morgan fingerprint density at radius 3 is 2.79 bits per heavy atom. The van der Waals surface area contributed by atoms with Gasteiger partial charge < -0.3 is 10.6 Å². The van der Waals surface area contributed by atoms with Gasteiger partial charge in [-0.05, 0) is 30.0 Å². The summed E-state index contributed by atoms with van der Waals surface area (Å²) >= 11 is 0. The molecule has 0 spiro atoms. The Kier molecular flexibility index (Phi) is 4.69. The van der Waals surface area contributed by atoms with Crippen molar-refractivity contribution in [2.45, 2.75) is 30.4 Å². The molecule has 8 heteroatoms. The van der Waals surface area contributed by atoms with Crippen molar-refractivity contribution in [1.82, 2.24) is 20.4 Å². The van der Waals surface area contributed by atoms with Gasteiger partial charge in [-0.2, -0.15) is 18.3 Å². The molecule has 1 aliphatic carbocycles. The number of alkyl halides is 3. The van der Waals surface area contributed by atoms with Gasteiger partial charge >= 0.3 is 6.18 Å². The van der Waals surface area contributed by atoms with E-state index in [-0.39, 0.29) is 23.2 Å². The van der Waals surface area contributed by atoms with E-state index >= 15 is 0 Å². The van der Waals surface area contributed by atoms with Crippen molar-refractivity contribution < 1.29 is 18.0 Å². The molecule has 1 aromatic heterocycles. The number of nitrogens with one attached hydrogen (secondary N) is 2. The van der Waals surface area contributed by atoms with Crippen LogP contribution in [0.2, 0.25) is 0 Å². The predicted octanol–water partition coefficient (Wildman–Crippen LogP) is 2.59. The van der Waals surface area contributed by atoms with Crippen LogP contribution in [0.4, 0.5) is 13.2 Å². The molecule has 2 fully saturated rings. The molecule has 1 saturated heterocycles. The van der Waals surface area contributed by atoms with Crippen LogP contribution in [0.3, 0.4) is 0 Å². The topological polar surface area (TPSA) is 59.0 Å². The van der Waals surface area contributed by atoms with E-state index in [2.05, 4.69) is 15.7 Å². The Bertz CT molecular complexity index is 872. The summed E-state index contributed by atoms with van der Waals surface area (Å²) in [6.45, 7) is 1.66. The third kappa shape index (κ3) is 3.65. The minimum Gasteiger partial charge on any atom is -0.355 e. The molecule has 2 N–H and O–H groups in total. The van der Waals surface area contributed by atoms with E-state index in [1.807, 2.05) is 13.2 Å². The van der Waals surface area contributed by atoms with Crippen molar-refractivity contribution in [2.75, 3.05) is 19.6 Å². The van der Waals surface area contributed by atoms with E-state index < -0.39 is 11.7 Å². The third-order valence-corrected chi connectivity index (χ3v) is 5.96. The highest BCUT2D eigenvalue weighted by Gasteiger charge is 2.46. The third-order valence-electron chi connectivity index (χ3n) is 5.96. The number of aryl methyl sites for hydroxylation is 1. The number of carbonyl (C=O) groups is 1. The maximum Gasteiger partial charge on any atom is 0.416 e. The van der Waals surface area contributed by atoms with Crippen LogP contribution in [0.25, 0.3) is 0 Å². The van der Waals surface area contributed by atoms with Gasteiger partial charge in [0.25, 0.3) is 0 Å². The maximum absolute atomic E-state index is 13.0. The average Bonchev–Trinajstić information content (AvgIpc) is 3.07. The summed E-state index contributed by atoms with van der Waals surface area (Å²) in [6.07, 6.45) is 0.904. The molecule has 2 aromatic rings. The summed E-state index contributed by atoms with van der Waals surface area (Å²) in [5.41, 5.74) is 0.647. The smallest absolute Gasteiger partial charge is 0.355 e.